The largest absolute Gasteiger partial charge is 0.368 e. The fourth-order valence-corrected chi connectivity index (χ4v) is 0.646. The van der Waals surface area contributed by atoms with E-state index in [0.29, 0.717) is 0 Å². The van der Waals surface area contributed by atoms with Crippen LogP contribution in [0.15, 0.2) is 0 Å². The number of hydrogen-bond acceptors (Lipinski definition) is 5. The third kappa shape index (κ3) is 7.44. The van der Waals surface area contributed by atoms with Gasteiger partial charge in [0, 0.05) is 7.05 Å². The highest BCUT2D eigenvalue weighted by molar-refractivity contribution is 6.05. The summed E-state index contributed by atoms with van der Waals surface area (Å²) in [6.45, 7) is -0.469. The van der Waals surface area contributed by atoms with Crippen LogP contribution in [0.1, 0.15) is 0 Å². The lowest BCUT2D eigenvalue weighted by atomic mass is 10.6. The highest BCUT2D eigenvalue weighted by Gasteiger charge is 2.12. The van der Waals surface area contributed by atoms with Crippen LogP contribution in [-0.4, -0.2) is 43.6 Å². The third-order valence-corrected chi connectivity index (χ3v) is 1.33. The number of urea groups is 4. The number of hydrogen-bond donors (Lipinski definition) is 6. The van der Waals surface area contributed by atoms with Crippen molar-refractivity contribution in [2.45, 2.75) is 0 Å². The van der Waals surface area contributed by atoms with Crippen molar-refractivity contribution >= 4 is 30.0 Å². The number of nitrogens with one attached hydrogen (secondary N) is 5. The Kier molecular flexibility index (Phi) is 6.25. The van der Waals surface area contributed by atoms with Gasteiger partial charge in [-0.2, -0.15) is 0 Å². The Labute approximate surface area is 101 Å². The maximum atomic E-state index is 11.0. The molecule has 0 aliphatic heterocycles. The minimum Gasteiger partial charge on any atom is -0.368 e. The van der Waals surface area contributed by atoms with Crippen molar-refractivity contribution in [3.63, 3.8) is 0 Å². The first kappa shape index (κ1) is 15.1. The molecule has 0 unspecified atom stereocenters. The fourth-order valence-electron chi connectivity index (χ4n) is 0.646. The van der Waals surface area contributed by atoms with Crippen LogP contribution in [0.4, 0.5) is 19.2 Å². The molecule has 100 valence electrons. The summed E-state index contributed by atoms with van der Waals surface area (Å²) in [5, 5.41) is 9.01. The van der Waals surface area contributed by atoms with Crippen molar-refractivity contribution in [1.82, 2.24) is 26.6 Å². The van der Waals surface area contributed by atoms with Gasteiger partial charge >= 0.3 is 24.1 Å². The molecular weight excluding hydrogens is 248 g/mol. The van der Waals surface area contributed by atoms with Gasteiger partial charge in [-0.1, -0.05) is 0 Å². The second-order valence-electron chi connectivity index (χ2n) is 2.76. The Morgan fingerprint density at radius 2 is 1.28 bits per heavy atom. The zero-order chi connectivity index (χ0) is 14.1. The predicted molar refractivity (Wildman–Crippen MR) is 57.2 cm³/mol. The molecule has 0 fully saturated rings. The average Bonchev–Trinajstić information content (AvgIpc) is 2.25. The normalized spacial score (nSPS) is 8.72. The van der Waals surface area contributed by atoms with Gasteiger partial charge in [-0.15, -0.1) is 0 Å². The van der Waals surface area contributed by atoms with Crippen molar-refractivity contribution in [3.05, 3.63) is 0 Å². The first-order valence-electron chi connectivity index (χ1n) is 4.52. The molecule has 0 saturated heterocycles. The predicted octanol–water partition coefficient (Wildman–Crippen LogP) is -2.47. The molecule has 0 aromatic heterocycles. The molecule has 0 aromatic rings. The standard InChI is InChI=1S/C7H12N6O5/c1-9-4(15)11-6(17)13-7(18)12-5(16)10-2-3(8)14/h2H2,1H3,(H2,8,14)(H5,9,10,11,12,13,15,16,17,18). The molecule has 0 aliphatic rings. The van der Waals surface area contributed by atoms with Crippen LogP contribution < -0.4 is 32.3 Å². The van der Waals surface area contributed by atoms with E-state index in [2.05, 4.69) is 5.32 Å². The van der Waals surface area contributed by atoms with E-state index in [-0.39, 0.29) is 0 Å². The zero-order valence-corrected chi connectivity index (χ0v) is 9.33. The molecule has 0 radical (unpaired) electrons. The molecule has 11 nitrogen and oxygen atoms in total. The number of primary amides is 1. The Morgan fingerprint density at radius 1 is 0.833 bits per heavy atom. The van der Waals surface area contributed by atoms with Crippen LogP contribution in [0.3, 0.4) is 0 Å². The topological polar surface area (TPSA) is 172 Å². The summed E-state index contributed by atoms with van der Waals surface area (Å²) in [6.07, 6.45) is 0. The van der Waals surface area contributed by atoms with Crippen LogP contribution in [0, 0.1) is 0 Å². The summed E-state index contributed by atoms with van der Waals surface area (Å²) in [4.78, 5) is 53.8. The number of rotatable bonds is 2. The monoisotopic (exact) mass is 260 g/mol. The molecule has 0 aromatic carbocycles. The molecule has 0 saturated carbocycles. The number of nitrogens with two attached hydrogens (primary N) is 1. The summed E-state index contributed by atoms with van der Waals surface area (Å²) in [5.41, 5.74) is 4.73. The minimum absolute atomic E-state index is 0.469. The van der Waals surface area contributed by atoms with Gasteiger partial charge in [0.25, 0.3) is 0 Å². The molecule has 7 N–H and O–H groups in total. The molecule has 18 heavy (non-hydrogen) atoms. The van der Waals surface area contributed by atoms with E-state index >= 15 is 0 Å². The number of amides is 9. The second-order valence-corrected chi connectivity index (χ2v) is 2.76. The van der Waals surface area contributed by atoms with E-state index in [1.54, 1.807) is 16.0 Å². The molecule has 0 aliphatic carbocycles. The Balaban J connectivity index is 3.96. The Hall–Kier alpha value is -2.85. The van der Waals surface area contributed by atoms with Crippen LogP contribution in [0.5, 0.6) is 0 Å². The fraction of sp³-hybridized carbons (Fsp3) is 0.286. The van der Waals surface area contributed by atoms with Crippen molar-refractivity contribution < 1.29 is 24.0 Å². The summed E-state index contributed by atoms with van der Waals surface area (Å²) >= 11 is 0. The Bertz CT molecular complexity index is 381. The number of carbonyl (C=O) groups excluding carboxylic acids is 5. The molecule has 0 spiro atoms. The zero-order valence-electron chi connectivity index (χ0n) is 9.33. The third-order valence-electron chi connectivity index (χ3n) is 1.33. The van der Waals surface area contributed by atoms with Crippen molar-refractivity contribution in [2.75, 3.05) is 13.6 Å². The maximum Gasteiger partial charge on any atom is 0.330 e. The molecule has 0 atom stereocenters. The lowest BCUT2D eigenvalue weighted by Gasteiger charge is -2.06. The van der Waals surface area contributed by atoms with Crippen LogP contribution in [0.25, 0.3) is 0 Å². The van der Waals surface area contributed by atoms with Gasteiger partial charge in [-0.3, -0.25) is 20.7 Å². The number of carbonyl (C=O) groups is 5. The quantitative estimate of drug-likeness (QED) is 0.322. The molecule has 9 amide bonds. The first-order chi connectivity index (χ1) is 8.35. The second kappa shape index (κ2) is 7.43. The van der Waals surface area contributed by atoms with Gasteiger partial charge in [-0.25, -0.2) is 19.2 Å². The van der Waals surface area contributed by atoms with Gasteiger partial charge in [0.15, 0.2) is 0 Å². The molecule has 0 heterocycles. The van der Waals surface area contributed by atoms with E-state index in [4.69, 9.17) is 5.73 Å². The first-order valence-corrected chi connectivity index (χ1v) is 4.52. The Morgan fingerprint density at radius 3 is 1.72 bits per heavy atom. The molecule has 11 heteroatoms. The molecular formula is C7H12N6O5. The number of imide groups is 3. The van der Waals surface area contributed by atoms with Gasteiger partial charge in [0.1, 0.15) is 0 Å². The van der Waals surface area contributed by atoms with E-state index in [0.717, 1.165) is 0 Å². The summed E-state index contributed by atoms with van der Waals surface area (Å²) in [7, 11) is 1.26. The van der Waals surface area contributed by atoms with Gasteiger partial charge in [-0.05, 0) is 0 Å². The molecule has 0 bridgehead atoms. The van der Waals surface area contributed by atoms with E-state index in [1.807, 2.05) is 5.32 Å². The van der Waals surface area contributed by atoms with Crippen LogP contribution >= 0.6 is 0 Å². The SMILES string of the molecule is CNC(=O)NC(=O)NC(=O)NC(=O)NCC(N)=O. The van der Waals surface area contributed by atoms with E-state index in [1.165, 1.54) is 7.05 Å². The van der Waals surface area contributed by atoms with Crippen LogP contribution in [0.2, 0.25) is 0 Å². The summed E-state index contributed by atoms with van der Waals surface area (Å²) in [5.74, 6) is -0.803. The van der Waals surface area contributed by atoms with Gasteiger partial charge in [0.2, 0.25) is 5.91 Å². The van der Waals surface area contributed by atoms with Crippen LogP contribution in [-0.2, 0) is 4.79 Å². The minimum atomic E-state index is -1.18. The van der Waals surface area contributed by atoms with Crippen molar-refractivity contribution in [1.29, 1.82) is 0 Å². The van der Waals surface area contributed by atoms with Gasteiger partial charge < -0.3 is 16.4 Å². The lowest BCUT2D eigenvalue weighted by molar-refractivity contribution is -0.117. The summed E-state index contributed by atoms with van der Waals surface area (Å²) in [6, 6.07) is -4.18. The van der Waals surface area contributed by atoms with Gasteiger partial charge in [0.05, 0.1) is 6.54 Å². The lowest BCUT2D eigenvalue weighted by Crippen LogP contribution is -2.52. The summed E-state index contributed by atoms with van der Waals surface area (Å²) < 4.78 is 0. The maximum absolute atomic E-state index is 11.0. The smallest absolute Gasteiger partial charge is 0.330 e. The highest BCUT2D eigenvalue weighted by Crippen LogP contribution is 1.71. The van der Waals surface area contributed by atoms with Crippen molar-refractivity contribution in [2.24, 2.45) is 5.73 Å². The van der Waals surface area contributed by atoms with E-state index < -0.39 is 36.6 Å². The van der Waals surface area contributed by atoms with E-state index in [9.17, 15) is 24.0 Å². The average molecular weight is 260 g/mol. The highest BCUT2D eigenvalue weighted by atomic mass is 16.2. The molecule has 0 rings (SSSR count). The van der Waals surface area contributed by atoms with Crippen molar-refractivity contribution in [3.8, 4) is 0 Å².